The Kier molecular flexibility index (Phi) is 7.70. The fourth-order valence-electron chi connectivity index (χ4n) is 2.57. The minimum absolute atomic E-state index is 0. The van der Waals surface area contributed by atoms with Gasteiger partial charge < -0.3 is 4.90 Å². The number of nitrogens with zero attached hydrogens (tertiary/aromatic N) is 3. The largest absolute Gasteiger partial charge is 0.308 e. The van der Waals surface area contributed by atoms with Crippen LogP contribution in [0.25, 0.3) is 10.2 Å². The lowest BCUT2D eigenvalue weighted by Gasteiger charge is -2.22. The highest BCUT2D eigenvalue weighted by Gasteiger charge is 2.26. The summed E-state index contributed by atoms with van der Waals surface area (Å²) in [4.78, 5) is 20.6. The van der Waals surface area contributed by atoms with Gasteiger partial charge >= 0.3 is 0 Å². The molecule has 156 valence electrons. The summed E-state index contributed by atoms with van der Waals surface area (Å²) < 4.78 is 39.2. The van der Waals surface area contributed by atoms with E-state index in [0.717, 1.165) is 22.3 Å². The topological polar surface area (TPSA) is 70.6 Å². The van der Waals surface area contributed by atoms with Crippen LogP contribution in [-0.2, 0) is 14.6 Å². The van der Waals surface area contributed by atoms with E-state index in [9.17, 15) is 17.6 Å². The molecule has 0 atom stereocenters. The van der Waals surface area contributed by atoms with Gasteiger partial charge in [-0.1, -0.05) is 23.5 Å². The van der Waals surface area contributed by atoms with E-state index >= 15 is 0 Å². The predicted molar refractivity (Wildman–Crippen MR) is 116 cm³/mol. The summed E-state index contributed by atoms with van der Waals surface area (Å²) in [6.07, 6.45) is 0. The van der Waals surface area contributed by atoms with Gasteiger partial charge in [0.1, 0.15) is 11.6 Å². The van der Waals surface area contributed by atoms with Crippen LogP contribution in [0.1, 0.15) is 0 Å². The third kappa shape index (κ3) is 5.72. The molecule has 0 aliphatic rings. The number of para-hydroxylation sites is 1. The molecule has 0 N–H and O–H groups in total. The number of hydrogen-bond acceptors (Lipinski definition) is 6. The second kappa shape index (κ2) is 9.62. The van der Waals surface area contributed by atoms with Crippen molar-refractivity contribution in [3.63, 3.8) is 0 Å². The van der Waals surface area contributed by atoms with Crippen LogP contribution in [0.2, 0.25) is 0 Å². The zero-order chi connectivity index (χ0) is 20.3. The summed E-state index contributed by atoms with van der Waals surface area (Å²) in [6, 6.07) is 12.0. The summed E-state index contributed by atoms with van der Waals surface area (Å²) in [5.74, 6) is -1.81. The molecule has 0 aliphatic carbocycles. The lowest BCUT2D eigenvalue weighted by atomic mass is 10.3. The first-order chi connectivity index (χ1) is 13.3. The number of thiazole rings is 1. The number of benzene rings is 2. The average molecular weight is 458 g/mol. The van der Waals surface area contributed by atoms with Gasteiger partial charge in [0.05, 0.1) is 15.1 Å². The highest BCUT2D eigenvalue weighted by atomic mass is 35.5. The van der Waals surface area contributed by atoms with Crippen molar-refractivity contribution in [3.05, 3.63) is 54.3 Å². The Labute approximate surface area is 179 Å². The van der Waals surface area contributed by atoms with Gasteiger partial charge in [0, 0.05) is 13.1 Å². The maximum Gasteiger partial charge on any atom is 0.244 e. The van der Waals surface area contributed by atoms with Crippen LogP contribution in [0.4, 0.5) is 9.52 Å². The molecular weight excluding hydrogens is 437 g/mol. The lowest BCUT2D eigenvalue weighted by molar-refractivity contribution is -0.116. The average Bonchev–Trinajstić information content (AvgIpc) is 3.05. The van der Waals surface area contributed by atoms with Gasteiger partial charge in [-0.2, -0.15) is 0 Å². The number of fused-ring (bicyclic) bond motifs is 1. The lowest BCUT2D eigenvalue weighted by Crippen LogP contribution is -2.40. The molecule has 1 aromatic heterocycles. The van der Waals surface area contributed by atoms with Crippen LogP contribution in [0.5, 0.6) is 0 Å². The Morgan fingerprint density at radius 2 is 1.72 bits per heavy atom. The van der Waals surface area contributed by atoms with E-state index in [-0.39, 0.29) is 17.3 Å². The molecule has 0 saturated carbocycles. The van der Waals surface area contributed by atoms with Crippen LogP contribution >= 0.6 is 23.7 Å². The molecular formula is C19H21ClFN3O3S2. The van der Waals surface area contributed by atoms with Crippen molar-refractivity contribution in [2.75, 3.05) is 37.8 Å². The molecule has 2 aromatic carbocycles. The van der Waals surface area contributed by atoms with Crippen molar-refractivity contribution in [1.29, 1.82) is 0 Å². The summed E-state index contributed by atoms with van der Waals surface area (Å²) in [6.45, 7) is 0.864. The smallest absolute Gasteiger partial charge is 0.244 e. The quantitative estimate of drug-likeness (QED) is 0.509. The second-order valence-corrected chi connectivity index (χ2v) is 9.52. The molecule has 29 heavy (non-hydrogen) atoms. The first kappa shape index (κ1) is 23.2. The molecule has 0 saturated heterocycles. The first-order valence-corrected chi connectivity index (χ1v) is 11.0. The number of aromatic nitrogens is 1. The minimum Gasteiger partial charge on any atom is -0.308 e. The summed E-state index contributed by atoms with van der Waals surface area (Å²) in [7, 11) is -0.150. The zero-order valence-corrected chi connectivity index (χ0v) is 18.4. The molecule has 0 bridgehead atoms. The summed E-state index contributed by atoms with van der Waals surface area (Å²) in [5.41, 5.74) is 0.756. The SMILES string of the molecule is CN(C)CCN(C(=O)CS(=O)(=O)c1ccc(F)cc1)c1nc2ccccc2s1.Cl. The van der Waals surface area contributed by atoms with Crippen LogP contribution in [0, 0.1) is 5.82 Å². The van der Waals surface area contributed by atoms with Crippen molar-refractivity contribution in [2.45, 2.75) is 4.90 Å². The normalized spacial score (nSPS) is 11.4. The van der Waals surface area contributed by atoms with Gasteiger partial charge in [-0.25, -0.2) is 17.8 Å². The Morgan fingerprint density at radius 1 is 1.07 bits per heavy atom. The van der Waals surface area contributed by atoms with Crippen molar-refractivity contribution in [2.24, 2.45) is 0 Å². The van der Waals surface area contributed by atoms with Gasteiger partial charge in [0.2, 0.25) is 5.91 Å². The molecule has 3 rings (SSSR count). The van der Waals surface area contributed by atoms with Crippen LogP contribution in [0.15, 0.2) is 53.4 Å². The van der Waals surface area contributed by atoms with Crippen molar-refractivity contribution in [1.82, 2.24) is 9.88 Å². The first-order valence-electron chi connectivity index (χ1n) is 8.55. The number of anilines is 1. The minimum atomic E-state index is -3.89. The molecule has 0 unspecified atom stereocenters. The number of rotatable bonds is 7. The van der Waals surface area contributed by atoms with Gasteiger partial charge in [-0.3, -0.25) is 9.69 Å². The van der Waals surface area contributed by atoms with Gasteiger partial charge in [-0.05, 0) is 50.5 Å². The highest BCUT2D eigenvalue weighted by Crippen LogP contribution is 2.29. The van der Waals surface area contributed by atoms with Crippen molar-refractivity contribution >= 4 is 54.8 Å². The van der Waals surface area contributed by atoms with E-state index in [4.69, 9.17) is 0 Å². The van der Waals surface area contributed by atoms with Crippen LogP contribution in [0.3, 0.4) is 0 Å². The van der Waals surface area contributed by atoms with Gasteiger partial charge in [0.25, 0.3) is 0 Å². The number of amides is 1. The van der Waals surface area contributed by atoms with Gasteiger partial charge in [0.15, 0.2) is 15.0 Å². The number of halogens is 2. The number of sulfone groups is 1. The van der Waals surface area contributed by atoms with E-state index in [1.807, 2.05) is 43.3 Å². The Morgan fingerprint density at radius 3 is 2.34 bits per heavy atom. The van der Waals surface area contributed by atoms with Gasteiger partial charge in [-0.15, -0.1) is 12.4 Å². The third-order valence-electron chi connectivity index (χ3n) is 4.07. The molecule has 0 fully saturated rings. The maximum atomic E-state index is 13.1. The molecule has 1 amide bonds. The standard InChI is InChI=1S/C19H20FN3O3S2.ClH/c1-22(2)11-12-23(19-21-16-5-3-4-6-17(16)27-19)18(24)13-28(25,26)15-9-7-14(20)8-10-15;/h3-10H,11-13H2,1-2H3;1H. The summed E-state index contributed by atoms with van der Waals surface area (Å²) in [5, 5.41) is 0.461. The van der Waals surface area contributed by atoms with Crippen LogP contribution < -0.4 is 4.90 Å². The molecule has 0 aliphatic heterocycles. The second-order valence-electron chi connectivity index (χ2n) is 6.53. The molecule has 10 heteroatoms. The fraction of sp³-hybridized carbons (Fsp3) is 0.263. The molecule has 1 heterocycles. The van der Waals surface area contributed by atoms with E-state index in [1.165, 1.54) is 28.4 Å². The Hall–Kier alpha value is -2.07. The van der Waals surface area contributed by atoms with E-state index in [1.54, 1.807) is 0 Å². The predicted octanol–water partition coefficient (Wildman–Crippen LogP) is 3.23. The van der Waals surface area contributed by atoms with Crippen LogP contribution in [-0.4, -0.2) is 57.1 Å². The third-order valence-corrected chi connectivity index (χ3v) is 6.75. The fourth-order valence-corrected chi connectivity index (χ4v) is 4.78. The van der Waals surface area contributed by atoms with E-state index in [0.29, 0.717) is 18.2 Å². The van der Waals surface area contributed by atoms with E-state index < -0.39 is 27.3 Å². The molecule has 0 spiro atoms. The maximum absolute atomic E-state index is 13.1. The zero-order valence-electron chi connectivity index (χ0n) is 15.9. The monoisotopic (exact) mass is 457 g/mol. The van der Waals surface area contributed by atoms with Crippen molar-refractivity contribution in [3.8, 4) is 0 Å². The Bertz CT molecular complexity index is 1050. The number of hydrogen-bond donors (Lipinski definition) is 0. The number of carbonyl (C=O) groups is 1. The number of carbonyl (C=O) groups excluding carboxylic acids is 1. The van der Waals surface area contributed by atoms with E-state index in [2.05, 4.69) is 4.98 Å². The molecule has 3 aromatic rings. The Balaban J connectivity index is 0.00000300. The number of likely N-dealkylation sites (N-methyl/N-ethyl adjacent to an activating group) is 1. The highest BCUT2D eigenvalue weighted by molar-refractivity contribution is 7.92. The molecule has 6 nitrogen and oxygen atoms in total. The molecule has 0 radical (unpaired) electrons. The van der Waals surface area contributed by atoms with Crippen molar-refractivity contribution < 1.29 is 17.6 Å². The summed E-state index contributed by atoms with van der Waals surface area (Å²) >= 11 is 1.34.